The van der Waals surface area contributed by atoms with Gasteiger partial charge < -0.3 is 14.8 Å². The molecule has 6 heteroatoms. The maximum atomic E-state index is 13.0. The molecule has 1 N–H and O–H groups in total. The van der Waals surface area contributed by atoms with E-state index in [0.717, 1.165) is 23.3 Å². The molecule has 0 radical (unpaired) electrons. The average molecular weight is 456 g/mol. The molecule has 2 aliphatic carbocycles. The fourth-order valence-electron chi connectivity index (χ4n) is 5.29. The molecular formula is C23H22BrNO4. The summed E-state index contributed by atoms with van der Waals surface area (Å²) < 4.78 is 11.4. The number of ether oxygens (including phenoxy) is 2. The fourth-order valence-corrected chi connectivity index (χ4v) is 6.33. The predicted molar refractivity (Wildman–Crippen MR) is 112 cm³/mol. The van der Waals surface area contributed by atoms with E-state index in [2.05, 4.69) is 27.3 Å². The Morgan fingerprint density at radius 3 is 2.45 bits per heavy atom. The molecule has 1 saturated heterocycles. The van der Waals surface area contributed by atoms with Crippen LogP contribution in [0.3, 0.4) is 0 Å². The van der Waals surface area contributed by atoms with Gasteiger partial charge >= 0.3 is 5.97 Å². The number of halogens is 1. The van der Waals surface area contributed by atoms with Crippen molar-refractivity contribution in [2.75, 3.05) is 5.32 Å². The van der Waals surface area contributed by atoms with E-state index in [4.69, 9.17) is 9.47 Å². The molecule has 3 fully saturated rings. The van der Waals surface area contributed by atoms with Crippen molar-refractivity contribution in [3.8, 4) is 11.5 Å². The zero-order valence-electron chi connectivity index (χ0n) is 16.2. The van der Waals surface area contributed by atoms with E-state index in [9.17, 15) is 9.59 Å². The standard InChI is InChI=1S/C23H22BrNO4/c1-11-7-12(2)9-15(8-11)28-14-5-3-13(4-6-14)25-22(26)18-16-10-17-19(18)23(27)29-21(17)20(16)24/h3-9,16-21H,10H2,1-2H3,(H,25,26)/t16-,17-,18-,19+,20-,21+/m1/s1. The number of carbonyl (C=O) groups excluding carboxylic acids is 2. The first-order valence-electron chi connectivity index (χ1n) is 9.92. The minimum atomic E-state index is -0.332. The Balaban J connectivity index is 1.28. The lowest BCUT2D eigenvalue weighted by molar-refractivity contribution is -0.145. The summed E-state index contributed by atoms with van der Waals surface area (Å²) in [7, 11) is 0. The van der Waals surface area contributed by atoms with Crippen LogP contribution in [0.1, 0.15) is 17.5 Å². The highest BCUT2D eigenvalue weighted by molar-refractivity contribution is 9.09. The summed E-state index contributed by atoms with van der Waals surface area (Å²) in [6.07, 6.45) is 0.806. The monoisotopic (exact) mass is 455 g/mol. The summed E-state index contributed by atoms with van der Waals surface area (Å²) >= 11 is 3.65. The number of fused-ring (bicyclic) bond motifs is 1. The summed E-state index contributed by atoms with van der Waals surface area (Å²) in [6, 6.07) is 13.4. The van der Waals surface area contributed by atoms with Crippen LogP contribution in [0, 0.1) is 37.5 Å². The molecule has 5 nitrogen and oxygen atoms in total. The summed E-state index contributed by atoms with van der Waals surface area (Å²) in [6.45, 7) is 4.07. The zero-order chi connectivity index (χ0) is 20.3. The van der Waals surface area contributed by atoms with Gasteiger partial charge in [0, 0.05) is 11.6 Å². The number of rotatable bonds is 4. The van der Waals surface area contributed by atoms with E-state index in [1.54, 1.807) is 0 Å². The summed E-state index contributed by atoms with van der Waals surface area (Å²) in [5.41, 5.74) is 2.99. The fraction of sp³-hybridized carbons (Fsp3) is 0.391. The van der Waals surface area contributed by atoms with Gasteiger partial charge in [0.05, 0.1) is 16.7 Å². The van der Waals surface area contributed by atoms with E-state index in [1.807, 2.05) is 50.2 Å². The molecule has 0 aromatic heterocycles. The number of hydrogen-bond acceptors (Lipinski definition) is 4. The van der Waals surface area contributed by atoms with Gasteiger partial charge in [0.2, 0.25) is 5.91 Å². The number of amides is 1. The van der Waals surface area contributed by atoms with Gasteiger partial charge in [-0.25, -0.2) is 0 Å². The first kappa shape index (κ1) is 18.7. The molecule has 2 aromatic rings. The second kappa shape index (κ2) is 6.87. The Morgan fingerprint density at radius 2 is 1.76 bits per heavy atom. The maximum absolute atomic E-state index is 13.0. The van der Waals surface area contributed by atoms with Gasteiger partial charge in [-0.15, -0.1) is 0 Å². The zero-order valence-corrected chi connectivity index (χ0v) is 17.8. The smallest absolute Gasteiger partial charge is 0.310 e. The van der Waals surface area contributed by atoms with Crippen molar-refractivity contribution in [3.05, 3.63) is 53.6 Å². The molecule has 1 amide bonds. The Labute approximate surface area is 177 Å². The Bertz CT molecular complexity index is 969. The Morgan fingerprint density at radius 1 is 1.07 bits per heavy atom. The van der Waals surface area contributed by atoms with Crippen LogP contribution in [0.25, 0.3) is 0 Å². The summed E-state index contributed by atoms with van der Waals surface area (Å²) in [5, 5.41) is 2.98. The van der Waals surface area contributed by atoms with Crippen molar-refractivity contribution < 1.29 is 19.1 Å². The molecule has 0 spiro atoms. The van der Waals surface area contributed by atoms with Gasteiger partial charge in [0.1, 0.15) is 17.6 Å². The van der Waals surface area contributed by atoms with Crippen LogP contribution in [0.15, 0.2) is 42.5 Å². The van der Waals surface area contributed by atoms with Crippen LogP contribution >= 0.6 is 15.9 Å². The van der Waals surface area contributed by atoms with Gasteiger partial charge in [0.15, 0.2) is 0 Å². The van der Waals surface area contributed by atoms with Crippen LogP contribution in [0.4, 0.5) is 5.69 Å². The van der Waals surface area contributed by atoms with Crippen LogP contribution in [0.5, 0.6) is 11.5 Å². The van der Waals surface area contributed by atoms with Gasteiger partial charge in [-0.2, -0.15) is 0 Å². The number of carbonyl (C=O) groups is 2. The van der Waals surface area contributed by atoms with Crippen LogP contribution in [0.2, 0.25) is 0 Å². The van der Waals surface area contributed by atoms with Crippen molar-refractivity contribution in [2.45, 2.75) is 31.2 Å². The predicted octanol–water partition coefficient (Wildman–Crippen LogP) is 4.61. The minimum Gasteiger partial charge on any atom is -0.461 e. The third-order valence-electron chi connectivity index (χ3n) is 6.38. The Hall–Kier alpha value is -2.34. The second-order valence-corrected chi connectivity index (χ2v) is 9.46. The SMILES string of the molecule is Cc1cc(C)cc(Oc2ccc(NC(=O)[C@@H]3[C@H]4C[C@H]5[C@H](OC(=O)[C@@H]53)[C@@H]4Br)cc2)c1. The first-order valence-corrected chi connectivity index (χ1v) is 10.8. The number of anilines is 1. The van der Waals surface area contributed by atoms with Gasteiger partial charge in [-0.05, 0) is 73.7 Å². The normalized spacial score (nSPS) is 31.6. The topological polar surface area (TPSA) is 64.6 Å². The van der Waals surface area contributed by atoms with Crippen molar-refractivity contribution in [1.82, 2.24) is 0 Å². The average Bonchev–Trinajstić information content (AvgIpc) is 3.27. The highest BCUT2D eigenvalue weighted by atomic mass is 79.9. The lowest BCUT2D eigenvalue weighted by Crippen LogP contribution is -2.40. The molecule has 3 aliphatic rings. The molecule has 2 bridgehead atoms. The van der Waals surface area contributed by atoms with Crippen LogP contribution < -0.4 is 10.1 Å². The molecule has 1 aliphatic heterocycles. The number of aryl methyl sites for hydroxylation is 2. The summed E-state index contributed by atoms with van der Waals surface area (Å²) in [5.74, 6) is 0.853. The number of alkyl halides is 1. The van der Waals surface area contributed by atoms with E-state index in [0.29, 0.717) is 11.4 Å². The molecule has 1 heterocycles. The van der Waals surface area contributed by atoms with Crippen LogP contribution in [-0.4, -0.2) is 22.8 Å². The Kier molecular flexibility index (Phi) is 4.42. The molecule has 0 unspecified atom stereocenters. The van der Waals surface area contributed by atoms with E-state index in [-0.39, 0.29) is 46.5 Å². The molecule has 2 saturated carbocycles. The van der Waals surface area contributed by atoms with Crippen molar-refractivity contribution in [2.24, 2.45) is 23.7 Å². The molecule has 2 aromatic carbocycles. The highest BCUT2D eigenvalue weighted by Crippen LogP contribution is 2.60. The minimum absolute atomic E-state index is 0.0664. The molecule has 29 heavy (non-hydrogen) atoms. The molecule has 6 atom stereocenters. The number of nitrogens with one attached hydrogen (secondary N) is 1. The largest absolute Gasteiger partial charge is 0.461 e. The third kappa shape index (κ3) is 3.14. The van der Waals surface area contributed by atoms with Gasteiger partial charge in [-0.1, -0.05) is 22.0 Å². The van der Waals surface area contributed by atoms with Gasteiger partial charge in [-0.3, -0.25) is 9.59 Å². The molecule has 150 valence electrons. The van der Waals surface area contributed by atoms with E-state index in [1.165, 1.54) is 0 Å². The summed E-state index contributed by atoms with van der Waals surface area (Å²) in [4.78, 5) is 25.3. The molecule has 5 rings (SSSR count). The lowest BCUT2D eigenvalue weighted by Gasteiger charge is -2.27. The lowest BCUT2D eigenvalue weighted by atomic mass is 9.79. The number of benzene rings is 2. The molecular weight excluding hydrogens is 434 g/mol. The van der Waals surface area contributed by atoms with Crippen LogP contribution in [-0.2, 0) is 14.3 Å². The third-order valence-corrected chi connectivity index (χ3v) is 7.58. The van der Waals surface area contributed by atoms with E-state index < -0.39 is 0 Å². The first-order chi connectivity index (χ1) is 13.9. The number of hydrogen-bond donors (Lipinski definition) is 1. The van der Waals surface area contributed by atoms with E-state index >= 15 is 0 Å². The highest BCUT2D eigenvalue weighted by Gasteiger charge is 2.67. The maximum Gasteiger partial charge on any atom is 0.310 e. The van der Waals surface area contributed by atoms with Crippen molar-refractivity contribution >= 4 is 33.5 Å². The van der Waals surface area contributed by atoms with Crippen molar-refractivity contribution in [1.29, 1.82) is 0 Å². The van der Waals surface area contributed by atoms with Crippen molar-refractivity contribution in [3.63, 3.8) is 0 Å². The van der Waals surface area contributed by atoms with Gasteiger partial charge in [0.25, 0.3) is 0 Å². The quantitative estimate of drug-likeness (QED) is 0.540. The number of esters is 1. The second-order valence-electron chi connectivity index (χ2n) is 8.40.